The number of hydrogen-bond acceptors (Lipinski definition) is 5. The molecule has 0 radical (unpaired) electrons. The molecule has 6 heteroatoms. The Hall–Kier alpha value is -2.21. The highest BCUT2D eigenvalue weighted by molar-refractivity contribution is 5.76. The first kappa shape index (κ1) is 16.6. The number of hydrogen-bond donors (Lipinski definition) is 0. The van der Waals surface area contributed by atoms with E-state index < -0.39 is 0 Å². The van der Waals surface area contributed by atoms with Crippen molar-refractivity contribution in [2.24, 2.45) is 0 Å². The largest absolute Gasteiger partial charge is 0.377 e. The Morgan fingerprint density at radius 2 is 2.21 bits per heavy atom. The molecule has 0 bridgehead atoms. The third kappa shape index (κ3) is 4.41. The summed E-state index contributed by atoms with van der Waals surface area (Å²) in [7, 11) is 0. The van der Waals surface area contributed by atoms with E-state index in [1.165, 1.54) is 0 Å². The molecule has 128 valence electrons. The van der Waals surface area contributed by atoms with Crippen molar-refractivity contribution in [3.05, 3.63) is 47.6 Å². The van der Waals surface area contributed by atoms with Crippen molar-refractivity contribution in [1.29, 1.82) is 0 Å². The van der Waals surface area contributed by atoms with Gasteiger partial charge in [-0.1, -0.05) is 35.5 Å². The van der Waals surface area contributed by atoms with Crippen molar-refractivity contribution in [2.75, 3.05) is 19.7 Å². The van der Waals surface area contributed by atoms with Crippen LogP contribution in [0.1, 0.15) is 42.5 Å². The van der Waals surface area contributed by atoms with E-state index in [9.17, 15) is 4.79 Å². The van der Waals surface area contributed by atoms with E-state index in [0.29, 0.717) is 37.9 Å². The SMILES string of the molecule is Cc1noc([C@H]2CCN(C(=O)CCCOCc3ccccc3)C2)n1. The van der Waals surface area contributed by atoms with E-state index in [2.05, 4.69) is 10.1 Å². The lowest BCUT2D eigenvalue weighted by atomic mass is 10.1. The molecule has 0 spiro atoms. The summed E-state index contributed by atoms with van der Waals surface area (Å²) in [5.74, 6) is 1.64. The molecule has 0 saturated carbocycles. The number of nitrogens with zero attached hydrogens (tertiary/aromatic N) is 3. The summed E-state index contributed by atoms with van der Waals surface area (Å²) in [6.45, 7) is 4.43. The van der Waals surface area contributed by atoms with Crippen LogP contribution in [-0.4, -0.2) is 40.6 Å². The molecule has 6 nitrogen and oxygen atoms in total. The highest BCUT2D eigenvalue weighted by Crippen LogP contribution is 2.26. The van der Waals surface area contributed by atoms with Crippen LogP contribution in [0, 0.1) is 6.92 Å². The maximum atomic E-state index is 12.3. The van der Waals surface area contributed by atoms with Gasteiger partial charge in [0, 0.05) is 26.1 Å². The third-order valence-electron chi connectivity index (χ3n) is 4.22. The molecule has 1 atom stereocenters. The molecule has 1 aromatic heterocycles. The summed E-state index contributed by atoms with van der Waals surface area (Å²) in [6, 6.07) is 10.1. The lowest BCUT2D eigenvalue weighted by Crippen LogP contribution is -2.28. The minimum absolute atomic E-state index is 0.171. The monoisotopic (exact) mass is 329 g/mol. The topological polar surface area (TPSA) is 68.5 Å². The number of aromatic nitrogens is 2. The van der Waals surface area contributed by atoms with Gasteiger partial charge in [-0.15, -0.1) is 0 Å². The molecule has 1 aliphatic heterocycles. The van der Waals surface area contributed by atoms with Crippen LogP contribution in [0.3, 0.4) is 0 Å². The van der Waals surface area contributed by atoms with Gasteiger partial charge >= 0.3 is 0 Å². The van der Waals surface area contributed by atoms with Crippen LogP contribution < -0.4 is 0 Å². The highest BCUT2D eigenvalue weighted by atomic mass is 16.5. The summed E-state index contributed by atoms with van der Waals surface area (Å²) in [6.07, 6.45) is 2.15. The van der Waals surface area contributed by atoms with Crippen molar-refractivity contribution in [3.63, 3.8) is 0 Å². The standard InChI is InChI=1S/C18H23N3O3/c1-14-19-18(24-20-14)16-9-10-21(12-16)17(22)8-5-11-23-13-15-6-3-2-4-7-15/h2-4,6-7,16H,5,8-13H2,1H3/t16-/m0/s1. The van der Waals surface area contributed by atoms with E-state index in [1.54, 1.807) is 6.92 Å². The van der Waals surface area contributed by atoms with Gasteiger partial charge in [0.1, 0.15) is 0 Å². The van der Waals surface area contributed by atoms with E-state index in [4.69, 9.17) is 9.26 Å². The summed E-state index contributed by atoms with van der Waals surface area (Å²) in [4.78, 5) is 18.4. The van der Waals surface area contributed by atoms with Crippen molar-refractivity contribution in [2.45, 2.75) is 38.7 Å². The maximum Gasteiger partial charge on any atom is 0.231 e. The summed E-state index contributed by atoms with van der Waals surface area (Å²) < 4.78 is 10.8. The van der Waals surface area contributed by atoms with Crippen molar-refractivity contribution >= 4 is 5.91 Å². The van der Waals surface area contributed by atoms with E-state index in [0.717, 1.165) is 24.9 Å². The Balaban J connectivity index is 1.34. The number of likely N-dealkylation sites (tertiary alicyclic amines) is 1. The Bertz CT molecular complexity index is 657. The van der Waals surface area contributed by atoms with Gasteiger partial charge in [0.15, 0.2) is 5.82 Å². The second-order valence-corrected chi connectivity index (χ2v) is 6.15. The smallest absolute Gasteiger partial charge is 0.231 e. The maximum absolute atomic E-state index is 12.3. The molecule has 0 aliphatic carbocycles. The highest BCUT2D eigenvalue weighted by Gasteiger charge is 2.30. The summed E-state index contributed by atoms with van der Waals surface area (Å²) in [5, 5.41) is 3.82. The fraction of sp³-hybridized carbons (Fsp3) is 0.500. The number of ether oxygens (including phenoxy) is 1. The average Bonchev–Trinajstić information content (AvgIpc) is 3.24. The first-order chi connectivity index (χ1) is 11.7. The molecular weight excluding hydrogens is 306 g/mol. The molecule has 3 rings (SSSR count). The number of carbonyl (C=O) groups excluding carboxylic acids is 1. The zero-order chi connectivity index (χ0) is 16.8. The Labute approximate surface area is 141 Å². The first-order valence-electron chi connectivity index (χ1n) is 8.42. The van der Waals surface area contributed by atoms with Crippen LogP contribution in [0.15, 0.2) is 34.9 Å². The van der Waals surface area contributed by atoms with Gasteiger partial charge in [-0.3, -0.25) is 4.79 Å². The van der Waals surface area contributed by atoms with Gasteiger partial charge in [-0.25, -0.2) is 0 Å². The van der Waals surface area contributed by atoms with E-state index in [-0.39, 0.29) is 11.8 Å². The van der Waals surface area contributed by atoms with Crippen LogP contribution in [0.2, 0.25) is 0 Å². The second-order valence-electron chi connectivity index (χ2n) is 6.15. The van der Waals surface area contributed by atoms with Gasteiger partial charge in [0.2, 0.25) is 11.8 Å². The minimum atomic E-state index is 0.171. The molecule has 1 aliphatic rings. The van der Waals surface area contributed by atoms with Crippen LogP contribution in [0.25, 0.3) is 0 Å². The molecule has 0 N–H and O–H groups in total. The van der Waals surface area contributed by atoms with Crippen molar-refractivity contribution < 1.29 is 14.1 Å². The predicted molar refractivity (Wildman–Crippen MR) is 88.3 cm³/mol. The predicted octanol–water partition coefficient (Wildman–Crippen LogP) is 2.69. The third-order valence-corrected chi connectivity index (χ3v) is 4.22. The van der Waals surface area contributed by atoms with Crippen LogP contribution >= 0.6 is 0 Å². The van der Waals surface area contributed by atoms with Crippen molar-refractivity contribution in [3.8, 4) is 0 Å². The van der Waals surface area contributed by atoms with Gasteiger partial charge in [-0.2, -0.15) is 4.98 Å². The second kappa shape index (κ2) is 8.06. The average molecular weight is 329 g/mol. The molecule has 1 amide bonds. The van der Waals surface area contributed by atoms with Crippen molar-refractivity contribution in [1.82, 2.24) is 15.0 Å². The Morgan fingerprint density at radius 3 is 2.96 bits per heavy atom. The van der Waals surface area contributed by atoms with Crippen LogP contribution in [0.4, 0.5) is 0 Å². The first-order valence-corrected chi connectivity index (χ1v) is 8.42. The number of aryl methyl sites for hydroxylation is 1. The zero-order valence-corrected chi connectivity index (χ0v) is 14.0. The van der Waals surface area contributed by atoms with Gasteiger partial charge in [0.25, 0.3) is 0 Å². The molecule has 0 unspecified atom stereocenters. The zero-order valence-electron chi connectivity index (χ0n) is 14.0. The molecule has 2 heterocycles. The number of carbonyl (C=O) groups is 1. The molecular formula is C18H23N3O3. The normalized spacial score (nSPS) is 17.4. The van der Waals surface area contributed by atoms with Crippen LogP contribution in [0.5, 0.6) is 0 Å². The number of benzene rings is 1. The van der Waals surface area contributed by atoms with Gasteiger partial charge < -0.3 is 14.2 Å². The van der Waals surface area contributed by atoms with Gasteiger partial charge in [0.05, 0.1) is 12.5 Å². The fourth-order valence-electron chi connectivity index (χ4n) is 2.92. The molecule has 1 aromatic carbocycles. The molecule has 24 heavy (non-hydrogen) atoms. The van der Waals surface area contributed by atoms with E-state index in [1.807, 2.05) is 35.2 Å². The minimum Gasteiger partial charge on any atom is -0.377 e. The summed E-state index contributed by atoms with van der Waals surface area (Å²) in [5.41, 5.74) is 1.15. The number of amides is 1. The lowest BCUT2D eigenvalue weighted by molar-refractivity contribution is -0.130. The molecule has 1 fully saturated rings. The molecule has 2 aromatic rings. The van der Waals surface area contributed by atoms with E-state index >= 15 is 0 Å². The number of rotatable bonds is 7. The lowest BCUT2D eigenvalue weighted by Gasteiger charge is -2.15. The quantitative estimate of drug-likeness (QED) is 0.731. The van der Waals surface area contributed by atoms with Gasteiger partial charge in [-0.05, 0) is 25.3 Å². The molecule has 1 saturated heterocycles. The summed E-state index contributed by atoms with van der Waals surface area (Å²) >= 11 is 0. The fourth-order valence-corrected chi connectivity index (χ4v) is 2.92. The van der Waals surface area contributed by atoms with Crippen LogP contribution in [-0.2, 0) is 16.1 Å². The Kier molecular flexibility index (Phi) is 5.59. The Morgan fingerprint density at radius 1 is 1.38 bits per heavy atom.